The highest BCUT2D eigenvalue weighted by molar-refractivity contribution is 5.72. The Hall–Kier alpha value is -0.530. The Balaban J connectivity index is 4.12. The quantitative estimate of drug-likeness (QED) is 0.633. The summed E-state index contributed by atoms with van der Waals surface area (Å²) in [5.74, 6) is 0.320. The van der Waals surface area contributed by atoms with Gasteiger partial charge in [-0.2, -0.15) is 0 Å². The lowest BCUT2D eigenvalue weighted by molar-refractivity contribution is -0.161. The standard InChI is InChI=1S/C11H22O2/c1-7-8(2)9(3)10(12)13-11(4,5)6/h8-9H,7H2,1-6H3/t8?,9-/m0/s1. The van der Waals surface area contributed by atoms with Crippen molar-refractivity contribution in [3.8, 4) is 0 Å². The van der Waals surface area contributed by atoms with Crippen LogP contribution in [0.15, 0.2) is 0 Å². The highest BCUT2D eigenvalue weighted by Gasteiger charge is 2.24. The van der Waals surface area contributed by atoms with Gasteiger partial charge in [0.1, 0.15) is 5.60 Å². The molecule has 2 heteroatoms. The van der Waals surface area contributed by atoms with Gasteiger partial charge in [0.05, 0.1) is 5.92 Å². The molecule has 2 atom stereocenters. The summed E-state index contributed by atoms with van der Waals surface area (Å²) in [4.78, 5) is 11.5. The van der Waals surface area contributed by atoms with E-state index >= 15 is 0 Å². The number of esters is 1. The van der Waals surface area contributed by atoms with Gasteiger partial charge in [-0.1, -0.05) is 27.2 Å². The van der Waals surface area contributed by atoms with E-state index in [2.05, 4.69) is 13.8 Å². The van der Waals surface area contributed by atoms with E-state index in [4.69, 9.17) is 4.74 Å². The maximum Gasteiger partial charge on any atom is 0.309 e. The van der Waals surface area contributed by atoms with Crippen molar-refractivity contribution in [3.63, 3.8) is 0 Å². The van der Waals surface area contributed by atoms with E-state index in [0.717, 1.165) is 6.42 Å². The van der Waals surface area contributed by atoms with Gasteiger partial charge in [-0.3, -0.25) is 4.79 Å². The second-order valence-corrected chi connectivity index (χ2v) is 4.71. The highest BCUT2D eigenvalue weighted by Crippen LogP contribution is 2.19. The summed E-state index contributed by atoms with van der Waals surface area (Å²) in [5, 5.41) is 0. The minimum atomic E-state index is -0.362. The van der Waals surface area contributed by atoms with Gasteiger partial charge >= 0.3 is 5.97 Å². The number of ether oxygens (including phenoxy) is 1. The molecule has 0 amide bonds. The van der Waals surface area contributed by atoms with Crippen LogP contribution in [0.25, 0.3) is 0 Å². The zero-order valence-electron chi connectivity index (χ0n) is 9.68. The molecule has 0 bridgehead atoms. The summed E-state index contributed by atoms with van der Waals surface area (Å²) >= 11 is 0. The predicted molar refractivity (Wildman–Crippen MR) is 54.5 cm³/mol. The van der Waals surface area contributed by atoms with Crippen LogP contribution in [0.2, 0.25) is 0 Å². The van der Waals surface area contributed by atoms with Gasteiger partial charge in [0.2, 0.25) is 0 Å². The smallest absolute Gasteiger partial charge is 0.309 e. The summed E-state index contributed by atoms with van der Waals surface area (Å²) in [6.07, 6.45) is 1.01. The molecule has 0 saturated carbocycles. The lowest BCUT2D eigenvalue weighted by Gasteiger charge is -2.24. The third-order valence-corrected chi connectivity index (χ3v) is 2.28. The molecular weight excluding hydrogens is 164 g/mol. The van der Waals surface area contributed by atoms with Gasteiger partial charge in [-0.05, 0) is 26.7 Å². The number of carbonyl (C=O) groups is 1. The molecule has 13 heavy (non-hydrogen) atoms. The molecule has 78 valence electrons. The van der Waals surface area contributed by atoms with Crippen LogP contribution in [0.5, 0.6) is 0 Å². The molecule has 0 fully saturated rings. The van der Waals surface area contributed by atoms with Crippen molar-refractivity contribution in [1.82, 2.24) is 0 Å². The largest absolute Gasteiger partial charge is 0.460 e. The van der Waals surface area contributed by atoms with Gasteiger partial charge in [-0.25, -0.2) is 0 Å². The summed E-state index contributed by atoms with van der Waals surface area (Å²) < 4.78 is 5.28. The molecule has 1 unspecified atom stereocenters. The molecule has 0 N–H and O–H groups in total. The van der Waals surface area contributed by atoms with Crippen molar-refractivity contribution in [2.45, 2.75) is 53.6 Å². The van der Waals surface area contributed by atoms with Crippen LogP contribution in [-0.2, 0) is 9.53 Å². The van der Waals surface area contributed by atoms with Gasteiger partial charge < -0.3 is 4.74 Å². The lowest BCUT2D eigenvalue weighted by atomic mass is 9.93. The van der Waals surface area contributed by atoms with Crippen LogP contribution in [-0.4, -0.2) is 11.6 Å². The zero-order valence-corrected chi connectivity index (χ0v) is 9.68. The summed E-state index contributed by atoms with van der Waals surface area (Å²) in [5.41, 5.74) is -0.362. The Morgan fingerprint density at radius 2 is 1.77 bits per heavy atom. The molecule has 0 saturated heterocycles. The van der Waals surface area contributed by atoms with Crippen LogP contribution in [0, 0.1) is 11.8 Å². The number of carbonyl (C=O) groups excluding carboxylic acids is 1. The van der Waals surface area contributed by atoms with Crippen LogP contribution >= 0.6 is 0 Å². The van der Waals surface area contributed by atoms with Crippen LogP contribution in [0.1, 0.15) is 48.0 Å². The number of hydrogen-bond acceptors (Lipinski definition) is 2. The first kappa shape index (κ1) is 12.5. The maximum atomic E-state index is 11.5. The topological polar surface area (TPSA) is 26.3 Å². The number of hydrogen-bond donors (Lipinski definition) is 0. The fraction of sp³-hybridized carbons (Fsp3) is 0.909. The Morgan fingerprint density at radius 3 is 2.08 bits per heavy atom. The molecule has 0 aliphatic rings. The van der Waals surface area contributed by atoms with E-state index in [-0.39, 0.29) is 17.5 Å². The second-order valence-electron chi connectivity index (χ2n) is 4.71. The van der Waals surface area contributed by atoms with E-state index in [1.165, 1.54) is 0 Å². The molecule has 0 aromatic rings. The van der Waals surface area contributed by atoms with Gasteiger partial charge in [0.25, 0.3) is 0 Å². The van der Waals surface area contributed by atoms with E-state index in [1.54, 1.807) is 0 Å². The molecule has 0 aliphatic heterocycles. The van der Waals surface area contributed by atoms with E-state index in [1.807, 2.05) is 27.7 Å². The summed E-state index contributed by atoms with van der Waals surface area (Å²) in [6, 6.07) is 0. The Bertz CT molecular complexity index is 167. The molecule has 0 aromatic heterocycles. The Labute approximate surface area is 81.7 Å². The van der Waals surface area contributed by atoms with Gasteiger partial charge in [0, 0.05) is 0 Å². The zero-order chi connectivity index (χ0) is 10.6. The van der Waals surface area contributed by atoms with Gasteiger partial charge in [0.15, 0.2) is 0 Å². The summed E-state index contributed by atoms with van der Waals surface area (Å²) in [6.45, 7) is 11.8. The first-order valence-corrected chi connectivity index (χ1v) is 5.00. The van der Waals surface area contributed by atoms with Crippen molar-refractivity contribution >= 4 is 5.97 Å². The van der Waals surface area contributed by atoms with Crippen molar-refractivity contribution in [2.24, 2.45) is 11.8 Å². The third-order valence-electron chi connectivity index (χ3n) is 2.28. The fourth-order valence-corrected chi connectivity index (χ4v) is 0.981. The molecule has 0 heterocycles. The van der Waals surface area contributed by atoms with Crippen molar-refractivity contribution in [2.75, 3.05) is 0 Å². The van der Waals surface area contributed by atoms with E-state index < -0.39 is 0 Å². The number of rotatable bonds is 3. The molecule has 0 aliphatic carbocycles. The molecule has 0 rings (SSSR count). The van der Waals surface area contributed by atoms with Crippen molar-refractivity contribution in [1.29, 1.82) is 0 Å². The molecule has 0 spiro atoms. The minimum absolute atomic E-state index is 0.00391. The average Bonchev–Trinajstić information content (AvgIpc) is 1.98. The molecule has 0 radical (unpaired) electrons. The minimum Gasteiger partial charge on any atom is -0.460 e. The summed E-state index contributed by atoms with van der Waals surface area (Å²) in [7, 11) is 0. The van der Waals surface area contributed by atoms with Crippen LogP contribution in [0.3, 0.4) is 0 Å². The van der Waals surface area contributed by atoms with Crippen LogP contribution in [0.4, 0.5) is 0 Å². The maximum absolute atomic E-state index is 11.5. The first-order chi connectivity index (χ1) is 5.78. The predicted octanol–water partition coefficient (Wildman–Crippen LogP) is 3.01. The Kier molecular flexibility index (Phi) is 4.45. The SMILES string of the molecule is CCC(C)[C@H](C)C(=O)OC(C)(C)C. The van der Waals surface area contributed by atoms with E-state index in [0.29, 0.717) is 5.92 Å². The van der Waals surface area contributed by atoms with Crippen molar-refractivity contribution < 1.29 is 9.53 Å². The molecule has 0 aromatic carbocycles. The first-order valence-electron chi connectivity index (χ1n) is 5.00. The van der Waals surface area contributed by atoms with Crippen molar-refractivity contribution in [3.05, 3.63) is 0 Å². The van der Waals surface area contributed by atoms with Crippen LogP contribution < -0.4 is 0 Å². The monoisotopic (exact) mass is 186 g/mol. The van der Waals surface area contributed by atoms with Gasteiger partial charge in [-0.15, -0.1) is 0 Å². The third kappa shape index (κ3) is 4.91. The lowest BCUT2D eigenvalue weighted by Crippen LogP contribution is -2.30. The molecule has 2 nitrogen and oxygen atoms in total. The normalized spacial score (nSPS) is 16.5. The average molecular weight is 186 g/mol. The van der Waals surface area contributed by atoms with E-state index in [9.17, 15) is 4.79 Å². The highest BCUT2D eigenvalue weighted by atomic mass is 16.6. The Morgan fingerprint density at radius 1 is 1.31 bits per heavy atom. The second kappa shape index (κ2) is 4.64. The molecular formula is C11H22O2. The fourth-order valence-electron chi connectivity index (χ4n) is 0.981.